The van der Waals surface area contributed by atoms with Gasteiger partial charge in [-0.25, -0.2) is 0 Å². The summed E-state index contributed by atoms with van der Waals surface area (Å²) in [6.45, 7) is 1.92. The van der Waals surface area contributed by atoms with E-state index in [0.717, 1.165) is 18.4 Å². The normalized spacial score (nSPS) is 12.4. The van der Waals surface area contributed by atoms with Crippen molar-refractivity contribution >= 4 is 5.97 Å². The first-order valence-corrected chi connectivity index (χ1v) is 5.55. The molecule has 0 fully saturated rings. The third-order valence-corrected chi connectivity index (χ3v) is 2.61. The molecule has 1 aromatic rings. The standard InChI is InChI=1S/C13H18O3/c1-10(13(15)16)9-12-6-4-11(5-7-12)3-2-8-14/h4-7,10,14H,2-3,8-9H2,1H3,(H,15,16). The lowest BCUT2D eigenvalue weighted by Crippen LogP contribution is -2.12. The van der Waals surface area contributed by atoms with E-state index in [9.17, 15) is 4.79 Å². The van der Waals surface area contributed by atoms with Crippen LogP contribution in [0.5, 0.6) is 0 Å². The third-order valence-electron chi connectivity index (χ3n) is 2.61. The Morgan fingerprint density at radius 2 is 1.81 bits per heavy atom. The Kier molecular flexibility index (Phi) is 4.99. The van der Waals surface area contributed by atoms with Gasteiger partial charge in [-0.15, -0.1) is 0 Å². The van der Waals surface area contributed by atoms with Crippen LogP contribution in [0.4, 0.5) is 0 Å². The molecule has 0 amide bonds. The van der Waals surface area contributed by atoms with Crippen LogP contribution in [-0.4, -0.2) is 22.8 Å². The first-order valence-electron chi connectivity index (χ1n) is 5.55. The average molecular weight is 222 g/mol. The van der Waals surface area contributed by atoms with Gasteiger partial charge in [0.25, 0.3) is 0 Å². The van der Waals surface area contributed by atoms with Crippen LogP contribution in [-0.2, 0) is 17.6 Å². The Hall–Kier alpha value is -1.35. The molecule has 0 aromatic heterocycles. The fraction of sp³-hybridized carbons (Fsp3) is 0.462. The van der Waals surface area contributed by atoms with Gasteiger partial charge in [-0.05, 0) is 30.4 Å². The highest BCUT2D eigenvalue weighted by Crippen LogP contribution is 2.11. The molecule has 2 N–H and O–H groups in total. The lowest BCUT2D eigenvalue weighted by atomic mass is 9.99. The summed E-state index contributed by atoms with van der Waals surface area (Å²) in [5.74, 6) is -1.10. The number of aliphatic hydroxyl groups is 1. The number of hydrogen-bond acceptors (Lipinski definition) is 2. The molecule has 1 rings (SSSR count). The van der Waals surface area contributed by atoms with Gasteiger partial charge in [0.2, 0.25) is 0 Å². The van der Waals surface area contributed by atoms with E-state index in [1.165, 1.54) is 5.56 Å². The number of benzene rings is 1. The van der Waals surface area contributed by atoms with Gasteiger partial charge in [-0.3, -0.25) is 4.79 Å². The number of carbonyl (C=O) groups is 1. The van der Waals surface area contributed by atoms with Crippen LogP contribution in [0.2, 0.25) is 0 Å². The minimum Gasteiger partial charge on any atom is -0.481 e. The summed E-state index contributed by atoms with van der Waals surface area (Å²) >= 11 is 0. The molecule has 16 heavy (non-hydrogen) atoms. The second-order valence-electron chi connectivity index (χ2n) is 4.09. The highest BCUT2D eigenvalue weighted by atomic mass is 16.4. The molecule has 3 heteroatoms. The number of hydrogen-bond donors (Lipinski definition) is 2. The summed E-state index contributed by atoms with van der Waals surface area (Å²) in [7, 11) is 0. The van der Waals surface area contributed by atoms with Gasteiger partial charge in [-0.1, -0.05) is 31.2 Å². The van der Waals surface area contributed by atoms with E-state index in [-0.39, 0.29) is 12.5 Å². The number of carboxylic acids is 1. The van der Waals surface area contributed by atoms with Crippen molar-refractivity contribution in [2.45, 2.75) is 26.2 Å². The summed E-state index contributed by atoms with van der Waals surface area (Å²) in [6, 6.07) is 7.93. The molecule has 0 aliphatic heterocycles. The minimum absolute atomic E-state index is 0.206. The molecule has 1 atom stereocenters. The van der Waals surface area contributed by atoms with Gasteiger partial charge < -0.3 is 10.2 Å². The molecule has 1 aromatic carbocycles. The second-order valence-corrected chi connectivity index (χ2v) is 4.09. The van der Waals surface area contributed by atoms with Crippen molar-refractivity contribution in [3.63, 3.8) is 0 Å². The number of aryl methyl sites for hydroxylation is 1. The summed E-state index contributed by atoms with van der Waals surface area (Å²) in [4.78, 5) is 10.7. The van der Waals surface area contributed by atoms with E-state index in [4.69, 9.17) is 10.2 Å². The van der Waals surface area contributed by atoms with Gasteiger partial charge in [0.05, 0.1) is 5.92 Å². The molecule has 88 valence electrons. The largest absolute Gasteiger partial charge is 0.481 e. The van der Waals surface area contributed by atoms with Crippen LogP contribution in [0.25, 0.3) is 0 Å². The number of aliphatic hydroxyl groups excluding tert-OH is 1. The van der Waals surface area contributed by atoms with Gasteiger partial charge >= 0.3 is 5.97 Å². The van der Waals surface area contributed by atoms with E-state index < -0.39 is 5.97 Å². The van der Waals surface area contributed by atoms with Crippen molar-refractivity contribution in [1.29, 1.82) is 0 Å². The average Bonchev–Trinajstić information content (AvgIpc) is 2.28. The summed E-state index contributed by atoms with van der Waals surface area (Å²) in [5, 5.41) is 17.5. The monoisotopic (exact) mass is 222 g/mol. The molecule has 0 radical (unpaired) electrons. The maximum Gasteiger partial charge on any atom is 0.306 e. The fourth-order valence-corrected chi connectivity index (χ4v) is 1.57. The van der Waals surface area contributed by atoms with E-state index in [2.05, 4.69) is 0 Å². The van der Waals surface area contributed by atoms with Crippen LogP contribution in [0, 0.1) is 5.92 Å². The van der Waals surface area contributed by atoms with Crippen LogP contribution < -0.4 is 0 Å². The predicted octanol–water partition coefficient (Wildman–Crippen LogP) is 1.87. The second kappa shape index (κ2) is 6.28. The van der Waals surface area contributed by atoms with Crippen molar-refractivity contribution in [3.8, 4) is 0 Å². The van der Waals surface area contributed by atoms with Gasteiger partial charge in [-0.2, -0.15) is 0 Å². The molecule has 0 bridgehead atoms. The molecule has 1 unspecified atom stereocenters. The molecule has 0 saturated carbocycles. The summed E-state index contributed by atoms with van der Waals surface area (Å²) in [5.41, 5.74) is 2.23. The molecule has 0 aliphatic rings. The SMILES string of the molecule is CC(Cc1ccc(CCCO)cc1)C(=O)O. The molecule has 0 aliphatic carbocycles. The Labute approximate surface area is 95.7 Å². The predicted molar refractivity (Wildman–Crippen MR) is 62.4 cm³/mol. The third kappa shape index (κ3) is 4.03. The van der Waals surface area contributed by atoms with E-state index >= 15 is 0 Å². The Morgan fingerprint density at radius 3 is 2.31 bits per heavy atom. The zero-order valence-electron chi connectivity index (χ0n) is 9.52. The lowest BCUT2D eigenvalue weighted by molar-refractivity contribution is -0.141. The van der Waals surface area contributed by atoms with Crippen molar-refractivity contribution in [3.05, 3.63) is 35.4 Å². The van der Waals surface area contributed by atoms with Crippen molar-refractivity contribution in [2.24, 2.45) is 5.92 Å². The number of aliphatic carboxylic acids is 1. The highest BCUT2D eigenvalue weighted by Gasteiger charge is 2.11. The first kappa shape index (κ1) is 12.7. The number of rotatable bonds is 6. The first-order chi connectivity index (χ1) is 7.63. The smallest absolute Gasteiger partial charge is 0.306 e. The maximum atomic E-state index is 10.7. The van der Waals surface area contributed by atoms with Crippen LogP contribution in [0.1, 0.15) is 24.5 Å². The Balaban J connectivity index is 2.54. The molecule has 3 nitrogen and oxygen atoms in total. The Morgan fingerprint density at radius 1 is 1.25 bits per heavy atom. The number of carboxylic acid groups (broad SMARTS) is 1. The molecule has 0 heterocycles. The van der Waals surface area contributed by atoms with Crippen LogP contribution in [0.15, 0.2) is 24.3 Å². The fourth-order valence-electron chi connectivity index (χ4n) is 1.57. The minimum atomic E-state index is -0.760. The van der Waals surface area contributed by atoms with Gasteiger partial charge in [0, 0.05) is 6.61 Å². The topological polar surface area (TPSA) is 57.5 Å². The summed E-state index contributed by atoms with van der Waals surface area (Å²) < 4.78 is 0. The quantitative estimate of drug-likeness (QED) is 0.772. The highest BCUT2D eigenvalue weighted by molar-refractivity contribution is 5.69. The van der Waals surface area contributed by atoms with Crippen LogP contribution >= 0.6 is 0 Å². The molecule has 0 spiro atoms. The summed E-state index contributed by atoms with van der Waals surface area (Å²) in [6.07, 6.45) is 2.20. The van der Waals surface area contributed by atoms with Crippen molar-refractivity contribution in [2.75, 3.05) is 6.61 Å². The zero-order chi connectivity index (χ0) is 12.0. The van der Waals surface area contributed by atoms with Crippen molar-refractivity contribution in [1.82, 2.24) is 0 Å². The molecular weight excluding hydrogens is 204 g/mol. The van der Waals surface area contributed by atoms with E-state index in [1.54, 1.807) is 6.92 Å². The molecular formula is C13H18O3. The molecule has 0 saturated heterocycles. The zero-order valence-corrected chi connectivity index (χ0v) is 9.52. The van der Waals surface area contributed by atoms with Crippen molar-refractivity contribution < 1.29 is 15.0 Å². The lowest BCUT2D eigenvalue weighted by Gasteiger charge is -2.07. The van der Waals surface area contributed by atoms with Gasteiger partial charge in [0.1, 0.15) is 0 Å². The van der Waals surface area contributed by atoms with E-state index in [1.807, 2.05) is 24.3 Å². The van der Waals surface area contributed by atoms with Gasteiger partial charge in [0.15, 0.2) is 0 Å². The van der Waals surface area contributed by atoms with E-state index in [0.29, 0.717) is 6.42 Å². The van der Waals surface area contributed by atoms with Crippen LogP contribution in [0.3, 0.4) is 0 Å². The Bertz CT molecular complexity index is 330. The maximum absolute atomic E-state index is 10.7.